The molecule has 1 N–H and O–H groups in total. The van der Waals surface area contributed by atoms with Crippen molar-refractivity contribution in [1.29, 1.82) is 0 Å². The van der Waals surface area contributed by atoms with E-state index in [-0.39, 0.29) is 0 Å². The lowest BCUT2D eigenvalue weighted by Crippen LogP contribution is -2.31. The summed E-state index contributed by atoms with van der Waals surface area (Å²) in [5, 5.41) is 3.41. The third kappa shape index (κ3) is 3.30. The Morgan fingerprint density at radius 3 is 2.88 bits per heavy atom. The molecule has 0 saturated carbocycles. The first-order valence-electron chi connectivity index (χ1n) is 5.98. The largest absolute Gasteiger partial charge is 0.481 e. The molecule has 94 valence electrons. The number of nitrogens with zero attached hydrogens (tertiary/aromatic N) is 2. The van der Waals surface area contributed by atoms with E-state index in [0.29, 0.717) is 17.8 Å². The number of ether oxygens (including phenoxy) is 2. The van der Waals surface area contributed by atoms with Gasteiger partial charge in [0, 0.05) is 6.07 Å². The Morgan fingerprint density at radius 2 is 2.24 bits per heavy atom. The van der Waals surface area contributed by atoms with Crippen molar-refractivity contribution in [2.75, 3.05) is 27.3 Å². The molecule has 1 aromatic heterocycles. The zero-order valence-electron chi connectivity index (χ0n) is 10.4. The van der Waals surface area contributed by atoms with Gasteiger partial charge in [-0.2, -0.15) is 4.98 Å². The summed E-state index contributed by atoms with van der Waals surface area (Å²) in [6, 6.07) is 2.26. The lowest BCUT2D eigenvalue weighted by molar-refractivity contribution is 0.342. The van der Waals surface area contributed by atoms with E-state index in [1.165, 1.54) is 12.8 Å². The minimum absolute atomic E-state index is 0.378. The molecule has 1 aromatic rings. The first kappa shape index (κ1) is 12.1. The van der Waals surface area contributed by atoms with Crippen molar-refractivity contribution in [2.45, 2.75) is 19.3 Å². The predicted octanol–water partition coefficient (Wildman–Crippen LogP) is 1.04. The van der Waals surface area contributed by atoms with Crippen molar-refractivity contribution in [3.8, 4) is 11.9 Å². The maximum Gasteiger partial charge on any atom is 0.319 e. The van der Waals surface area contributed by atoms with Crippen LogP contribution < -0.4 is 14.8 Å². The van der Waals surface area contributed by atoms with E-state index >= 15 is 0 Å². The zero-order valence-corrected chi connectivity index (χ0v) is 10.4. The number of hydrogen-bond acceptors (Lipinski definition) is 5. The van der Waals surface area contributed by atoms with Crippen molar-refractivity contribution in [3.63, 3.8) is 0 Å². The maximum absolute atomic E-state index is 5.14. The molecule has 1 atom stereocenters. The van der Waals surface area contributed by atoms with Crippen molar-refractivity contribution >= 4 is 0 Å². The molecule has 1 unspecified atom stereocenters. The highest BCUT2D eigenvalue weighted by atomic mass is 16.5. The van der Waals surface area contributed by atoms with Gasteiger partial charge in [-0.25, -0.2) is 4.98 Å². The fourth-order valence-corrected chi connectivity index (χ4v) is 2.14. The minimum atomic E-state index is 0.378. The van der Waals surface area contributed by atoms with E-state index in [0.717, 1.165) is 25.2 Å². The molecule has 5 nitrogen and oxygen atoms in total. The Morgan fingerprint density at radius 1 is 1.35 bits per heavy atom. The van der Waals surface area contributed by atoms with Crippen LogP contribution in [0.4, 0.5) is 0 Å². The van der Waals surface area contributed by atoms with E-state index in [2.05, 4.69) is 15.3 Å². The van der Waals surface area contributed by atoms with Crippen LogP contribution in [0.3, 0.4) is 0 Å². The van der Waals surface area contributed by atoms with Crippen molar-refractivity contribution in [3.05, 3.63) is 11.8 Å². The van der Waals surface area contributed by atoms with Crippen LogP contribution >= 0.6 is 0 Å². The molecular weight excluding hydrogens is 218 g/mol. The number of methoxy groups -OCH3 is 2. The van der Waals surface area contributed by atoms with E-state index in [9.17, 15) is 0 Å². The maximum atomic E-state index is 5.14. The highest BCUT2D eigenvalue weighted by Gasteiger charge is 2.15. The van der Waals surface area contributed by atoms with Crippen LogP contribution in [0.2, 0.25) is 0 Å². The molecule has 0 aromatic carbocycles. The fraction of sp³-hybridized carbons (Fsp3) is 0.667. The normalized spacial score (nSPS) is 20.0. The van der Waals surface area contributed by atoms with Crippen LogP contribution in [0, 0.1) is 5.92 Å². The smallest absolute Gasteiger partial charge is 0.319 e. The molecule has 1 aliphatic heterocycles. The lowest BCUT2D eigenvalue weighted by atomic mass is 9.94. The highest BCUT2D eigenvalue weighted by Crippen LogP contribution is 2.19. The first-order valence-corrected chi connectivity index (χ1v) is 5.98. The molecular formula is C12H19N3O2. The lowest BCUT2D eigenvalue weighted by Gasteiger charge is -2.22. The summed E-state index contributed by atoms with van der Waals surface area (Å²) < 4.78 is 10.2. The van der Waals surface area contributed by atoms with Crippen LogP contribution in [0.25, 0.3) is 0 Å². The van der Waals surface area contributed by atoms with E-state index < -0.39 is 0 Å². The quantitative estimate of drug-likeness (QED) is 0.847. The second kappa shape index (κ2) is 5.82. The Labute approximate surface area is 102 Å². The van der Waals surface area contributed by atoms with Gasteiger partial charge in [-0.15, -0.1) is 0 Å². The summed E-state index contributed by atoms with van der Waals surface area (Å²) in [6.45, 7) is 2.20. The van der Waals surface area contributed by atoms with Crippen LogP contribution in [-0.2, 0) is 6.42 Å². The fourth-order valence-electron chi connectivity index (χ4n) is 2.14. The van der Waals surface area contributed by atoms with Crippen LogP contribution in [0.5, 0.6) is 11.9 Å². The molecule has 17 heavy (non-hydrogen) atoms. The van der Waals surface area contributed by atoms with Gasteiger partial charge in [0.15, 0.2) is 0 Å². The molecule has 0 amide bonds. The Kier molecular flexibility index (Phi) is 4.14. The third-order valence-electron chi connectivity index (χ3n) is 3.02. The Balaban J connectivity index is 2.07. The highest BCUT2D eigenvalue weighted by molar-refractivity contribution is 5.19. The van der Waals surface area contributed by atoms with Crippen molar-refractivity contribution < 1.29 is 9.47 Å². The molecule has 5 heteroatoms. The number of hydrogen-bond donors (Lipinski definition) is 1. The topological polar surface area (TPSA) is 56.3 Å². The number of piperidine rings is 1. The summed E-state index contributed by atoms with van der Waals surface area (Å²) in [5.41, 5.74) is 0.988. The molecule has 2 heterocycles. The van der Waals surface area contributed by atoms with Crippen molar-refractivity contribution in [1.82, 2.24) is 15.3 Å². The molecule has 0 spiro atoms. The molecule has 0 bridgehead atoms. The summed E-state index contributed by atoms with van der Waals surface area (Å²) in [7, 11) is 3.18. The molecule has 1 saturated heterocycles. The summed E-state index contributed by atoms with van der Waals surface area (Å²) >= 11 is 0. The number of nitrogens with one attached hydrogen (secondary N) is 1. The molecule has 1 aliphatic rings. The van der Waals surface area contributed by atoms with Gasteiger partial charge in [0.1, 0.15) is 0 Å². The molecule has 1 fully saturated rings. The van der Waals surface area contributed by atoms with E-state index in [4.69, 9.17) is 9.47 Å². The van der Waals surface area contributed by atoms with Gasteiger partial charge in [0.2, 0.25) is 5.88 Å². The third-order valence-corrected chi connectivity index (χ3v) is 3.02. The number of aromatic nitrogens is 2. The van der Waals surface area contributed by atoms with Gasteiger partial charge >= 0.3 is 6.01 Å². The summed E-state index contributed by atoms with van der Waals surface area (Å²) in [5.74, 6) is 1.21. The standard InChI is InChI=1S/C12H19N3O2/c1-16-11-7-10(14-12(15-11)17-2)6-9-4-3-5-13-8-9/h7,9,13H,3-6,8H2,1-2H3. The second-order valence-electron chi connectivity index (χ2n) is 4.30. The second-order valence-corrected chi connectivity index (χ2v) is 4.30. The van der Waals surface area contributed by atoms with Crippen LogP contribution in [-0.4, -0.2) is 37.3 Å². The van der Waals surface area contributed by atoms with Gasteiger partial charge in [0.25, 0.3) is 0 Å². The predicted molar refractivity (Wildman–Crippen MR) is 64.4 cm³/mol. The summed E-state index contributed by atoms with van der Waals surface area (Å²) in [6.07, 6.45) is 3.44. The van der Waals surface area contributed by atoms with Gasteiger partial charge in [-0.3, -0.25) is 0 Å². The van der Waals surface area contributed by atoms with Gasteiger partial charge in [-0.1, -0.05) is 0 Å². The van der Waals surface area contributed by atoms with Crippen LogP contribution in [0.15, 0.2) is 6.07 Å². The van der Waals surface area contributed by atoms with Gasteiger partial charge in [-0.05, 0) is 38.3 Å². The average Bonchev–Trinajstić information content (AvgIpc) is 2.39. The minimum Gasteiger partial charge on any atom is -0.481 e. The van der Waals surface area contributed by atoms with Gasteiger partial charge in [0.05, 0.1) is 19.9 Å². The van der Waals surface area contributed by atoms with Crippen LogP contribution in [0.1, 0.15) is 18.5 Å². The SMILES string of the molecule is COc1cc(CC2CCCNC2)nc(OC)n1. The molecule has 2 rings (SSSR count). The van der Waals surface area contributed by atoms with E-state index in [1.807, 2.05) is 6.07 Å². The Hall–Kier alpha value is -1.36. The van der Waals surface area contributed by atoms with Crippen molar-refractivity contribution in [2.24, 2.45) is 5.92 Å². The zero-order chi connectivity index (χ0) is 12.1. The molecule has 0 aliphatic carbocycles. The molecule has 0 radical (unpaired) electrons. The monoisotopic (exact) mass is 237 g/mol. The Bertz CT molecular complexity index is 343. The van der Waals surface area contributed by atoms with E-state index in [1.54, 1.807) is 14.2 Å². The van der Waals surface area contributed by atoms with Gasteiger partial charge < -0.3 is 14.8 Å². The average molecular weight is 237 g/mol. The number of rotatable bonds is 4. The first-order chi connectivity index (χ1) is 8.31. The summed E-state index contributed by atoms with van der Waals surface area (Å²) in [4.78, 5) is 8.45.